The number of aromatic hydroxyl groups is 1. The maximum Gasteiger partial charge on any atom is 0.182 e. The summed E-state index contributed by atoms with van der Waals surface area (Å²) in [7, 11) is 0. The van der Waals surface area contributed by atoms with Crippen LogP contribution in [0, 0.1) is 11.3 Å². The minimum atomic E-state index is -0.824. The summed E-state index contributed by atoms with van der Waals surface area (Å²) < 4.78 is 0. The average molecular weight is 527 g/mol. The molecule has 0 saturated carbocycles. The van der Waals surface area contributed by atoms with E-state index in [1.165, 1.54) is 0 Å². The average Bonchev–Trinajstić information content (AvgIpc) is 3.18. The van der Waals surface area contributed by atoms with Crippen molar-refractivity contribution in [3.63, 3.8) is 0 Å². The molecule has 1 aliphatic rings. The third-order valence-electron chi connectivity index (χ3n) is 7.81. The first kappa shape index (κ1) is 28.6. The number of carbonyl (C=O) groups is 1. The van der Waals surface area contributed by atoms with Gasteiger partial charge < -0.3 is 15.1 Å². The SMILES string of the molecule is CC(C)(C)c1cc(C(=O)CN2C(=N)C(Cc3ccccc3)CC2C(O)c2ccccc2)cc(C(C)(C)C)c1O. The van der Waals surface area contributed by atoms with E-state index in [4.69, 9.17) is 5.41 Å². The number of likely N-dealkylation sites (tertiary alicyclic amines) is 1. The van der Waals surface area contributed by atoms with Crippen LogP contribution in [0.2, 0.25) is 0 Å². The van der Waals surface area contributed by atoms with E-state index in [2.05, 4.69) is 12.1 Å². The van der Waals surface area contributed by atoms with Gasteiger partial charge in [-0.1, -0.05) is 102 Å². The fourth-order valence-electron chi connectivity index (χ4n) is 5.58. The molecule has 1 aliphatic heterocycles. The van der Waals surface area contributed by atoms with E-state index in [0.717, 1.165) is 22.3 Å². The van der Waals surface area contributed by atoms with Gasteiger partial charge in [-0.05, 0) is 46.9 Å². The third kappa shape index (κ3) is 6.25. The highest BCUT2D eigenvalue weighted by Crippen LogP contribution is 2.40. The van der Waals surface area contributed by atoms with Crippen LogP contribution in [0.3, 0.4) is 0 Å². The second-order valence-electron chi connectivity index (χ2n) is 12.9. The summed E-state index contributed by atoms with van der Waals surface area (Å²) >= 11 is 0. The van der Waals surface area contributed by atoms with E-state index < -0.39 is 6.10 Å². The molecule has 4 rings (SSSR count). The predicted octanol–water partition coefficient (Wildman–Crippen LogP) is 6.81. The molecule has 0 aromatic heterocycles. The smallest absolute Gasteiger partial charge is 0.182 e. The highest BCUT2D eigenvalue weighted by molar-refractivity contribution is 6.01. The molecule has 5 nitrogen and oxygen atoms in total. The Balaban J connectivity index is 1.69. The van der Waals surface area contributed by atoms with Gasteiger partial charge in [0.15, 0.2) is 5.78 Å². The Bertz CT molecular complexity index is 1290. The number of phenols is 1. The number of Topliss-reactive ketones (excluding diaryl/α,β-unsaturated/α-hetero) is 1. The lowest BCUT2D eigenvalue weighted by molar-refractivity contribution is 0.0776. The Kier molecular flexibility index (Phi) is 8.04. The van der Waals surface area contributed by atoms with Crippen LogP contribution in [0.1, 0.15) is 86.7 Å². The van der Waals surface area contributed by atoms with Crippen molar-refractivity contribution in [2.45, 2.75) is 77.4 Å². The van der Waals surface area contributed by atoms with Gasteiger partial charge in [-0.3, -0.25) is 10.2 Å². The first-order valence-electron chi connectivity index (χ1n) is 13.8. The lowest BCUT2D eigenvalue weighted by Crippen LogP contribution is -2.41. The number of rotatable bonds is 7. The minimum Gasteiger partial charge on any atom is -0.507 e. The van der Waals surface area contributed by atoms with Gasteiger partial charge in [-0.25, -0.2) is 0 Å². The quantitative estimate of drug-likeness (QED) is 0.295. The van der Waals surface area contributed by atoms with Crippen molar-refractivity contribution in [2.75, 3.05) is 6.54 Å². The van der Waals surface area contributed by atoms with Crippen LogP contribution in [0.15, 0.2) is 72.8 Å². The maximum atomic E-state index is 13.9. The molecule has 0 aliphatic carbocycles. The van der Waals surface area contributed by atoms with Crippen molar-refractivity contribution in [2.24, 2.45) is 5.92 Å². The number of hydrogen-bond acceptors (Lipinski definition) is 4. The molecule has 3 N–H and O–H groups in total. The second kappa shape index (κ2) is 11.0. The van der Waals surface area contributed by atoms with Gasteiger partial charge in [0.05, 0.1) is 18.7 Å². The van der Waals surface area contributed by atoms with Gasteiger partial charge in [-0.2, -0.15) is 0 Å². The van der Waals surface area contributed by atoms with Crippen LogP contribution in [0.5, 0.6) is 5.75 Å². The van der Waals surface area contributed by atoms with Crippen LogP contribution in [0.4, 0.5) is 0 Å². The molecule has 0 bridgehead atoms. The second-order valence-corrected chi connectivity index (χ2v) is 12.9. The Hall–Kier alpha value is -3.44. The fourth-order valence-corrected chi connectivity index (χ4v) is 5.58. The Morgan fingerprint density at radius 1 is 0.923 bits per heavy atom. The first-order chi connectivity index (χ1) is 18.3. The van der Waals surface area contributed by atoms with Crippen molar-refractivity contribution in [1.29, 1.82) is 5.41 Å². The fraction of sp³-hybridized carbons (Fsp3) is 0.412. The molecule has 1 heterocycles. The van der Waals surface area contributed by atoms with E-state index >= 15 is 0 Å². The van der Waals surface area contributed by atoms with Crippen molar-refractivity contribution in [1.82, 2.24) is 4.90 Å². The molecule has 1 fully saturated rings. The van der Waals surface area contributed by atoms with Gasteiger partial charge in [0.1, 0.15) is 11.6 Å². The number of hydrogen-bond donors (Lipinski definition) is 3. The number of nitrogens with one attached hydrogen (secondary N) is 1. The third-order valence-corrected chi connectivity index (χ3v) is 7.81. The van der Waals surface area contributed by atoms with Gasteiger partial charge >= 0.3 is 0 Å². The number of nitrogens with zero attached hydrogens (tertiary/aromatic N) is 1. The molecular formula is C34H42N2O3. The van der Waals surface area contributed by atoms with E-state index in [9.17, 15) is 15.0 Å². The van der Waals surface area contributed by atoms with Gasteiger partial charge in [0, 0.05) is 22.6 Å². The summed E-state index contributed by atoms with van der Waals surface area (Å²) in [6, 6.07) is 22.8. The van der Waals surface area contributed by atoms with Crippen molar-refractivity contribution >= 4 is 11.6 Å². The number of amidine groups is 1. The number of benzene rings is 3. The van der Waals surface area contributed by atoms with E-state index in [1.807, 2.05) is 90.1 Å². The molecule has 206 valence electrons. The molecule has 39 heavy (non-hydrogen) atoms. The van der Waals surface area contributed by atoms with Gasteiger partial charge in [0.25, 0.3) is 0 Å². The van der Waals surface area contributed by atoms with Crippen molar-refractivity contribution < 1.29 is 15.0 Å². The van der Waals surface area contributed by atoms with Crippen LogP contribution in [0.25, 0.3) is 0 Å². The lowest BCUT2D eigenvalue weighted by Gasteiger charge is -2.31. The van der Waals surface area contributed by atoms with Crippen LogP contribution >= 0.6 is 0 Å². The van der Waals surface area contributed by atoms with E-state index in [-0.39, 0.29) is 40.9 Å². The van der Waals surface area contributed by atoms with E-state index in [0.29, 0.717) is 24.2 Å². The normalized spacial score (nSPS) is 18.8. The van der Waals surface area contributed by atoms with Crippen LogP contribution < -0.4 is 0 Å². The van der Waals surface area contributed by atoms with E-state index in [1.54, 1.807) is 17.0 Å². The summed E-state index contributed by atoms with van der Waals surface area (Å²) in [5.74, 6) is 0.402. The predicted molar refractivity (Wildman–Crippen MR) is 158 cm³/mol. The Morgan fingerprint density at radius 3 is 1.95 bits per heavy atom. The monoisotopic (exact) mass is 526 g/mol. The van der Waals surface area contributed by atoms with Gasteiger partial charge in [-0.15, -0.1) is 0 Å². The Labute approximate surface area is 233 Å². The molecule has 3 aromatic rings. The molecular weight excluding hydrogens is 484 g/mol. The number of carbonyl (C=O) groups excluding carboxylic acids is 1. The van der Waals surface area contributed by atoms with Crippen LogP contribution in [-0.4, -0.2) is 39.3 Å². The molecule has 5 heteroatoms. The lowest BCUT2D eigenvalue weighted by atomic mass is 9.78. The molecule has 3 atom stereocenters. The van der Waals surface area contributed by atoms with Gasteiger partial charge in [0.2, 0.25) is 0 Å². The highest BCUT2D eigenvalue weighted by Gasteiger charge is 2.42. The number of phenolic OH excluding ortho intramolecular Hbond substituents is 1. The Morgan fingerprint density at radius 2 is 1.44 bits per heavy atom. The molecule has 0 spiro atoms. The number of ketones is 1. The van der Waals surface area contributed by atoms with Crippen LogP contribution in [-0.2, 0) is 17.3 Å². The molecule has 0 radical (unpaired) electrons. The molecule has 3 aromatic carbocycles. The zero-order valence-electron chi connectivity index (χ0n) is 24.0. The topological polar surface area (TPSA) is 84.6 Å². The highest BCUT2D eigenvalue weighted by atomic mass is 16.3. The zero-order chi connectivity index (χ0) is 28.5. The standard InChI is InChI=1S/C34H42N2O3/c1-33(2,3)26-18-24(19-27(31(26)39)34(4,5)6)29(37)21-36-28(30(38)23-15-11-8-12-16-23)20-25(32(36)35)17-22-13-9-7-10-14-22/h7-16,18-19,25,28,30,35,38-39H,17,20-21H2,1-6H3. The van der Waals surface area contributed by atoms with Crippen molar-refractivity contribution in [3.05, 3.63) is 101 Å². The molecule has 0 amide bonds. The molecule has 1 saturated heterocycles. The summed E-state index contributed by atoms with van der Waals surface area (Å²) in [6.07, 6.45) is 0.451. The summed E-state index contributed by atoms with van der Waals surface area (Å²) in [5, 5.41) is 31.6. The molecule has 3 unspecified atom stereocenters. The summed E-state index contributed by atoms with van der Waals surface area (Å²) in [4.78, 5) is 15.7. The summed E-state index contributed by atoms with van der Waals surface area (Å²) in [6.45, 7) is 12.2. The zero-order valence-corrected chi connectivity index (χ0v) is 24.0. The summed E-state index contributed by atoms with van der Waals surface area (Å²) in [5.41, 5.74) is 3.20. The minimum absolute atomic E-state index is 0.00335. The maximum absolute atomic E-state index is 13.9. The largest absolute Gasteiger partial charge is 0.507 e. The number of aliphatic hydroxyl groups is 1. The first-order valence-corrected chi connectivity index (χ1v) is 13.8. The number of aliphatic hydroxyl groups excluding tert-OH is 1. The van der Waals surface area contributed by atoms with Crippen molar-refractivity contribution in [3.8, 4) is 5.75 Å².